The van der Waals surface area contributed by atoms with Gasteiger partial charge in [0.2, 0.25) is 5.88 Å². The van der Waals surface area contributed by atoms with Crippen molar-refractivity contribution in [2.45, 2.75) is 0 Å². The Labute approximate surface area is 172 Å². The molecule has 150 valence electrons. The third kappa shape index (κ3) is 2.81. The van der Waals surface area contributed by atoms with Gasteiger partial charge in [-0.1, -0.05) is 12.1 Å². The number of anilines is 2. The minimum Gasteiger partial charge on any atom is -0.495 e. The molecule has 3 heterocycles. The number of para-hydroxylation sites is 2. The molecule has 2 N–H and O–H groups in total. The molecule has 0 spiro atoms. The van der Waals surface area contributed by atoms with Crippen LogP contribution in [0, 0.1) is 0 Å². The molecule has 5 rings (SSSR count). The van der Waals surface area contributed by atoms with Crippen LogP contribution in [-0.2, 0) is 0 Å². The number of rotatable bonds is 3. The van der Waals surface area contributed by atoms with Crippen LogP contribution < -0.4 is 20.1 Å². The first-order valence-electron chi connectivity index (χ1n) is 9.47. The van der Waals surface area contributed by atoms with Gasteiger partial charge >= 0.3 is 0 Å². The zero-order valence-electron chi connectivity index (χ0n) is 16.3. The first-order chi connectivity index (χ1) is 14.7. The molecule has 0 saturated heterocycles. The number of carbonyl (C=O) groups is 1. The van der Waals surface area contributed by atoms with Crippen LogP contribution in [0.25, 0.3) is 16.6 Å². The average molecular weight is 401 g/mol. The number of aromatic nitrogens is 3. The second kappa shape index (κ2) is 7.07. The number of hydrogen-bond donors (Lipinski definition) is 1. The number of methoxy groups -OCH3 is 1. The maximum absolute atomic E-state index is 13.2. The summed E-state index contributed by atoms with van der Waals surface area (Å²) in [6, 6.07) is 15.7. The van der Waals surface area contributed by atoms with E-state index < -0.39 is 0 Å². The van der Waals surface area contributed by atoms with Crippen LogP contribution in [0.15, 0.2) is 61.1 Å². The number of nitrogens with zero attached hydrogens (tertiary/aromatic N) is 4. The third-order valence-corrected chi connectivity index (χ3v) is 5.18. The van der Waals surface area contributed by atoms with Gasteiger partial charge in [0.15, 0.2) is 0 Å². The van der Waals surface area contributed by atoms with Crippen LogP contribution in [0.5, 0.6) is 11.6 Å². The molecule has 8 nitrogen and oxygen atoms in total. The highest BCUT2D eigenvalue weighted by Crippen LogP contribution is 2.32. The first-order valence-corrected chi connectivity index (χ1v) is 9.47. The van der Waals surface area contributed by atoms with Crippen LogP contribution in [0.2, 0.25) is 0 Å². The second-order valence-corrected chi connectivity index (χ2v) is 6.85. The van der Waals surface area contributed by atoms with Gasteiger partial charge in [-0.15, -0.1) is 0 Å². The van der Waals surface area contributed by atoms with Gasteiger partial charge in [-0.2, -0.15) is 0 Å². The van der Waals surface area contributed by atoms with E-state index in [1.807, 2.05) is 54.7 Å². The number of hydrogen-bond acceptors (Lipinski definition) is 6. The number of amides is 1. The Hall–Kier alpha value is -4.07. The van der Waals surface area contributed by atoms with E-state index in [1.165, 1.54) is 6.33 Å². The summed E-state index contributed by atoms with van der Waals surface area (Å²) in [5, 5.41) is 0.994. The van der Waals surface area contributed by atoms with E-state index in [9.17, 15) is 4.79 Å². The van der Waals surface area contributed by atoms with E-state index in [0.29, 0.717) is 13.2 Å². The van der Waals surface area contributed by atoms with Crippen molar-refractivity contribution >= 4 is 28.3 Å². The van der Waals surface area contributed by atoms with E-state index in [4.69, 9.17) is 15.2 Å². The average Bonchev–Trinajstić information content (AvgIpc) is 3.11. The van der Waals surface area contributed by atoms with Crippen LogP contribution >= 0.6 is 0 Å². The highest BCUT2D eigenvalue weighted by Gasteiger charge is 2.28. The van der Waals surface area contributed by atoms with E-state index in [0.717, 1.165) is 28.0 Å². The van der Waals surface area contributed by atoms with Crippen molar-refractivity contribution in [3.8, 4) is 17.3 Å². The highest BCUT2D eigenvalue weighted by molar-refractivity contribution is 6.11. The van der Waals surface area contributed by atoms with Gasteiger partial charge in [0.05, 0.1) is 24.9 Å². The summed E-state index contributed by atoms with van der Waals surface area (Å²) in [7, 11) is 1.66. The lowest BCUT2D eigenvalue weighted by Gasteiger charge is -2.20. The zero-order valence-corrected chi connectivity index (χ0v) is 16.3. The van der Waals surface area contributed by atoms with Crippen molar-refractivity contribution in [1.82, 2.24) is 14.5 Å². The number of carbonyl (C=O) groups excluding carboxylic acids is 1. The number of benzene rings is 2. The van der Waals surface area contributed by atoms with Crippen LogP contribution in [-0.4, -0.2) is 40.7 Å². The topological polar surface area (TPSA) is 95.5 Å². The number of ether oxygens (including phenoxy) is 2. The Kier molecular flexibility index (Phi) is 4.24. The number of fused-ring (bicyclic) bond motifs is 2. The fourth-order valence-corrected chi connectivity index (χ4v) is 3.75. The number of nitrogens with two attached hydrogens (primary N) is 1. The van der Waals surface area contributed by atoms with Gasteiger partial charge in [-0.05, 0) is 36.4 Å². The maximum Gasteiger partial charge on any atom is 0.267 e. The monoisotopic (exact) mass is 401 g/mol. The smallest absolute Gasteiger partial charge is 0.267 e. The summed E-state index contributed by atoms with van der Waals surface area (Å²) < 4.78 is 13.2. The predicted octanol–water partition coefficient (Wildman–Crippen LogP) is 3.05. The molecule has 2 aromatic heterocycles. The molecular weight excluding hydrogens is 382 g/mol. The minimum atomic E-state index is -0.274. The van der Waals surface area contributed by atoms with Gasteiger partial charge in [-0.25, -0.2) is 9.97 Å². The summed E-state index contributed by atoms with van der Waals surface area (Å²) in [6.45, 7) is 0.697. The molecule has 0 aliphatic carbocycles. The molecule has 30 heavy (non-hydrogen) atoms. The van der Waals surface area contributed by atoms with Gasteiger partial charge in [0.1, 0.15) is 30.1 Å². The maximum atomic E-state index is 13.2. The molecule has 0 unspecified atom stereocenters. The molecule has 0 radical (unpaired) electrons. The standard InChI is InChI=1S/C22H19N5O3/c1-29-18-5-3-2-4-17(18)27-9-8-14-12-15(6-7-16(14)27)26-10-11-30-21-19(22(26)28)20(23)24-13-25-21/h2-9,12-13H,10-11H2,1H3,(H2,23,24,25). The quantitative estimate of drug-likeness (QED) is 0.567. The normalized spacial score (nSPS) is 13.6. The van der Waals surface area contributed by atoms with Crippen molar-refractivity contribution in [2.75, 3.05) is 30.9 Å². The second-order valence-electron chi connectivity index (χ2n) is 6.85. The molecule has 2 aromatic carbocycles. The van der Waals surface area contributed by atoms with Crippen molar-refractivity contribution < 1.29 is 14.3 Å². The first kappa shape index (κ1) is 18.0. The zero-order chi connectivity index (χ0) is 20.7. The summed E-state index contributed by atoms with van der Waals surface area (Å²) >= 11 is 0. The Morgan fingerprint density at radius 2 is 2.00 bits per heavy atom. The van der Waals surface area contributed by atoms with Crippen molar-refractivity contribution in [2.24, 2.45) is 0 Å². The Morgan fingerprint density at radius 3 is 2.87 bits per heavy atom. The van der Waals surface area contributed by atoms with E-state index in [1.54, 1.807) is 12.0 Å². The van der Waals surface area contributed by atoms with Crippen LogP contribution in [0.3, 0.4) is 0 Å². The van der Waals surface area contributed by atoms with Gasteiger partial charge in [0.25, 0.3) is 5.91 Å². The van der Waals surface area contributed by atoms with Gasteiger partial charge in [-0.3, -0.25) is 4.79 Å². The summed E-state index contributed by atoms with van der Waals surface area (Å²) in [5.41, 5.74) is 8.83. The lowest BCUT2D eigenvalue weighted by molar-refractivity contribution is 0.0990. The fraction of sp³-hybridized carbons (Fsp3) is 0.136. The summed E-state index contributed by atoms with van der Waals surface area (Å²) in [6.07, 6.45) is 3.28. The molecule has 1 aliphatic heterocycles. The molecule has 0 atom stereocenters. The largest absolute Gasteiger partial charge is 0.495 e. The van der Waals surface area contributed by atoms with Crippen LogP contribution in [0.1, 0.15) is 10.4 Å². The van der Waals surface area contributed by atoms with E-state index in [2.05, 4.69) is 14.5 Å². The molecule has 1 aliphatic rings. The molecular formula is C22H19N5O3. The fourth-order valence-electron chi connectivity index (χ4n) is 3.75. The Bertz CT molecular complexity index is 1270. The Morgan fingerprint density at radius 1 is 1.13 bits per heavy atom. The van der Waals surface area contributed by atoms with Crippen molar-refractivity contribution in [3.05, 3.63) is 66.6 Å². The third-order valence-electron chi connectivity index (χ3n) is 5.18. The summed E-state index contributed by atoms with van der Waals surface area (Å²) in [4.78, 5) is 22.8. The molecule has 8 heteroatoms. The molecule has 1 amide bonds. The van der Waals surface area contributed by atoms with Crippen molar-refractivity contribution in [1.29, 1.82) is 0 Å². The Balaban J connectivity index is 1.57. The van der Waals surface area contributed by atoms with Crippen LogP contribution in [0.4, 0.5) is 11.5 Å². The lowest BCUT2D eigenvalue weighted by atomic mass is 10.2. The predicted molar refractivity (Wildman–Crippen MR) is 113 cm³/mol. The molecule has 0 saturated carbocycles. The van der Waals surface area contributed by atoms with Gasteiger partial charge < -0.3 is 24.7 Å². The molecule has 0 bridgehead atoms. The summed E-state index contributed by atoms with van der Waals surface area (Å²) in [5.74, 6) is 0.842. The van der Waals surface area contributed by atoms with Crippen molar-refractivity contribution in [3.63, 3.8) is 0 Å². The molecule has 4 aromatic rings. The lowest BCUT2D eigenvalue weighted by Crippen LogP contribution is -2.32. The highest BCUT2D eigenvalue weighted by atomic mass is 16.5. The van der Waals surface area contributed by atoms with E-state index >= 15 is 0 Å². The molecule has 0 fully saturated rings. The van der Waals surface area contributed by atoms with Gasteiger partial charge in [0, 0.05) is 17.3 Å². The van der Waals surface area contributed by atoms with E-state index in [-0.39, 0.29) is 23.2 Å². The minimum absolute atomic E-state index is 0.111. The SMILES string of the molecule is COc1ccccc1-n1ccc2cc(N3CCOc4ncnc(N)c4C3=O)ccc21. The number of nitrogen functional groups attached to an aromatic ring is 1.